The third-order valence-electron chi connectivity index (χ3n) is 2.79. The molecule has 0 spiro atoms. The first kappa shape index (κ1) is 15.8. The van der Waals surface area contributed by atoms with Gasteiger partial charge in [-0.15, -0.1) is 11.8 Å². The lowest BCUT2D eigenvalue weighted by molar-refractivity contribution is 0.625. The van der Waals surface area contributed by atoms with Crippen LogP contribution in [0.15, 0.2) is 51.8 Å². The second-order valence-corrected chi connectivity index (χ2v) is 6.76. The van der Waals surface area contributed by atoms with Gasteiger partial charge in [-0.05, 0) is 36.2 Å². The van der Waals surface area contributed by atoms with Crippen molar-refractivity contribution in [1.29, 1.82) is 0 Å². The minimum atomic E-state index is -0.250. The van der Waals surface area contributed by atoms with Crippen LogP contribution in [0.25, 0.3) is 0 Å². The van der Waals surface area contributed by atoms with Gasteiger partial charge in [0.25, 0.3) is 0 Å². The molecule has 2 aromatic carbocycles. The summed E-state index contributed by atoms with van der Waals surface area (Å²) in [5.41, 5.74) is 7.14. The Kier molecular flexibility index (Phi) is 5.90. The van der Waals surface area contributed by atoms with Crippen molar-refractivity contribution in [3.05, 3.63) is 63.3 Å². The summed E-state index contributed by atoms with van der Waals surface area (Å²) in [4.78, 5) is 1.03. The molecule has 1 unspecified atom stereocenters. The number of rotatable bonds is 5. The molecule has 0 heterocycles. The highest BCUT2D eigenvalue weighted by Gasteiger charge is 2.09. The molecule has 2 rings (SSSR count). The Labute approximate surface area is 135 Å². The fourth-order valence-corrected chi connectivity index (χ4v) is 3.49. The van der Waals surface area contributed by atoms with Gasteiger partial charge in [-0.3, -0.25) is 0 Å². The maximum Gasteiger partial charge on any atom is 0.124 e. The minimum absolute atomic E-state index is 0.0157. The lowest BCUT2D eigenvalue weighted by Crippen LogP contribution is -2.25. The van der Waals surface area contributed by atoms with Gasteiger partial charge in [0.05, 0.1) is 5.02 Å². The van der Waals surface area contributed by atoms with Crippen molar-refractivity contribution in [3.63, 3.8) is 0 Å². The fraction of sp³-hybridized carbons (Fsp3) is 0.200. The van der Waals surface area contributed by atoms with E-state index >= 15 is 0 Å². The Morgan fingerprint density at radius 2 is 2.00 bits per heavy atom. The lowest BCUT2D eigenvalue weighted by Gasteiger charge is -2.13. The molecule has 1 nitrogen and oxygen atoms in total. The molecule has 2 aromatic rings. The van der Waals surface area contributed by atoms with E-state index in [1.54, 1.807) is 17.8 Å². The van der Waals surface area contributed by atoms with Gasteiger partial charge in [-0.2, -0.15) is 0 Å². The number of hydrogen-bond donors (Lipinski definition) is 1. The van der Waals surface area contributed by atoms with Crippen LogP contribution in [-0.4, -0.2) is 11.8 Å². The normalized spacial score (nSPS) is 12.4. The second-order valence-electron chi connectivity index (χ2n) is 4.44. The van der Waals surface area contributed by atoms with Gasteiger partial charge in [0, 0.05) is 21.2 Å². The maximum atomic E-state index is 13.0. The predicted molar refractivity (Wildman–Crippen MR) is 88.0 cm³/mol. The maximum absolute atomic E-state index is 13.0. The van der Waals surface area contributed by atoms with E-state index in [-0.39, 0.29) is 11.9 Å². The van der Waals surface area contributed by atoms with Crippen LogP contribution in [0.2, 0.25) is 5.02 Å². The van der Waals surface area contributed by atoms with E-state index < -0.39 is 0 Å². The van der Waals surface area contributed by atoms with Crippen LogP contribution >= 0.6 is 39.3 Å². The zero-order chi connectivity index (χ0) is 14.5. The molecule has 0 aromatic heterocycles. The van der Waals surface area contributed by atoms with Crippen molar-refractivity contribution in [2.75, 3.05) is 5.75 Å². The summed E-state index contributed by atoms with van der Waals surface area (Å²) in [6.07, 6.45) is 0.693. The second kappa shape index (κ2) is 7.46. The zero-order valence-electron chi connectivity index (χ0n) is 10.7. The topological polar surface area (TPSA) is 26.0 Å². The highest BCUT2D eigenvalue weighted by Crippen LogP contribution is 2.27. The van der Waals surface area contributed by atoms with Gasteiger partial charge in [-0.25, -0.2) is 4.39 Å². The van der Waals surface area contributed by atoms with Crippen LogP contribution in [0.4, 0.5) is 4.39 Å². The third-order valence-corrected chi connectivity index (χ3v) is 5.23. The van der Waals surface area contributed by atoms with E-state index in [1.165, 1.54) is 12.1 Å². The number of halogens is 3. The Hall–Kier alpha value is -0.550. The number of hydrogen-bond acceptors (Lipinski definition) is 2. The lowest BCUT2D eigenvalue weighted by atomic mass is 10.1. The first-order valence-corrected chi connectivity index (χ1v) is 8.29. The molecule has 0 aliphatic carbocycles. The largest absolute Gasteiger partial charge is 0.327 e. The van der Waals surface area contributed by atoms with E-state index in [9.17, 15) is 4.39 Å². The molecular weight excluding hydrogens is 361 g/mol. The summed E-state index contributed by atoms with van der Waals surface area (Å²) >= 11 is 11.1. The van der Waals surface area contributed by atoms with Gasteiger partial charge >= 0.3 is 0 Å². The molecule has 106 valence electrons. The van der Waals surface area contributed by atoms with Crippen molar-refractivity contribution in [2.24, 2.45) is 5.73 Å². The molecular formula is C15H14BrClFNS. The van der Waals surface area contributed by atoms with E-state index in [0.29, 0.717) is 6.42 Å². The molecule has 0 amide bonds. The van der Waals surface area contributed by atoms with Crippen LogP contribution in [-0.2, 0) is 6.42 Å². The fourth-order valence-electron chi connectivity index (χ4n) is 1.79. The first-order valence-electron chi connectivity index (χ1n) is 6.13. The number of nitrogens with two attached hydrogens (primary N) is 1. The van der Waals surface area contributed by atoms with Crippen LogP contribution < -0.4 is 5.73 Å². The summed E-state index contributed by atoms with van der Waals surface area (Å²) in [6, 6.07) is 12.4. The summed E-state index contributed by atoms with van der Waals surface area (Å²) in [5.74, 6) is 0.507. The zero-order valence-corrected chi connectivity index (χ0v) is 13.8. The summed E-state index contributed by atoms with van der Waals surface area (Å²) in [6.45, 7) is 0. The van der Waals surface area contributed by atoms with Gasteiger partial charge in [0.15, 0.2) is 0 Å². The summed E-state index contributed by atoms with van der Waals surface area (Å²) in [7, 11) is 0. The standard InChI is InChI=1S/C15H14BrClFNS/c16-13-8-11(18)6-5-10(13)7-12(19)9-20-15-4-2-1-3-14(15)17/h1-6,8,12H,7,9,19H2. The molecule has 0 aliphatic rings. The van der Waals surface area contributed by atoms with Crippen molar-refractivity contribution in [3.8, 4) is 0 Å². The Morgan fingerprint density at radius 3 is 2.70 bits per heavy atom. The first-order chi connectivity index (χ1) is 9.56. The van der Waals surface area contributed by atoms with Crippen LogP contribution in [0.5, 0.6) is 0 Å². The molecule has 20 heavy (non-hydrogen) atoms. The molecule has 0 fully saturated rings. The van der Waals surface area contributed by atoms with Crippen LogP contribution in [0.1, 0.15) is 5.56 Å². The van der Waals surface area contributed by atoms with Crippen molar-refractivity contribution >= 4 is 39.3 Å². The van der Waals surface area contributed by atoms with Gasteiger partial charge in [0.2, 0.25) is 0 Å². The monoisotopic (exact) mass is 373 g/mol. The number of benzene rings is 2. The highest BCUT2D eigenvalue weighted by molar-refractivity contribution is 9.10. The molecule has 0 saturated heterocycles. The van der Waals surface area contributed by atoms with E-state index in [4.69, 9.17) is 17.3 Å². The number of thioether (sulfide) groups is 1. The van der Waals surface area contributed by atoms with E-state index in [2.05, 4.69) is 15.9 Å². The van der Waals surface area contributed by atoms with E-state index in [1.807, 2.05) is 24.3 Å². The minimum Gasteiger partial charge on any atom is -0.327 e. The Bertz CT molecular complexity index is 594. The third kappa shape index (κ3) is 4.48. The van der Waals surface area contributed by atoms with Crippen molar-refractivity contribution in [2.45, 2.75) is 17.4 Å². The predicted octanol–water partition coefficient (Wildman–Crippen LogP) is 4.90. The molecule has 0 saturated carbocycles. The van der Waals surface area contributed by atoms with Crippen LogP contribution in [0, 0.1) is 5.82 Å². The van der Waals surface area contributed by atoms with Crippen molar-refractivity contribution in [1.82, 2.24) is 0 Å². The SMILES string of the molecule is NC(CSc1ccccc1Cl)Cc1ccc(F)cc1Br. The van der Waals surface area contributed by atoms with Crippen molar-refractivity contribution < 1.29 is 4.39 Å². The van der Waals surface area contributed by atoms with Gasteiger partial charge in [-0.1, -0.05) is 45.7 Å². The molecule has 1 atom stereocenters. The average molecular weight is 375 g/mol. The average Bonchev–Trinajstić information content (AvgIpc) is 2.41. The molecule has 0 bridgehead atoms. The molecule has 2 N–H and O–H groups in total. The highest BCUT2D eigenvalue weighted by atomic mass is 79.9. The molecule has 5 heteroatoms. The smallest absolute Gasteiger partial charge is 0.124 e. The Balaban J connectivity index is 1.92. The van der Waals surface area contributed by atoms with Gasteiger partial charge < -0.3 is 5.73 Å². The van der Waals surface area contributed by atoms with Crippen LogP contribution in [0.3, 0.4) is 0 Å². The quantitative estimate of drug-likeness (QED) is 0.753. The molecule has 0 radical (unpaired) electrons. The molecule has 0 aliphatic heterocycles. The summed E-state index contributed by atoms with van der Waals surface area (Å²) in [5, 5.41) is 0.743. The summed E-state index contributed by atoms with van der Waals surface area (Å²) < 4.78 is 13.8. The van der Waals surface area contributed by atoms with Gasteiger partial charge in [0.1, 0.15) is 5.82 Å². The Morgan fingerprint density at radius 1 is 1.25 bits per heavy atom. The van der Waals surface area contributed by atoms with E-state index in [0.717, 1.165) is 25.7 Å².